The maximum absolute atomic E-state index is 14.9. The van der Waals surface area contributed by atoms with Crippen LogP contribution in [-0.4, -0.2) is 45.2 Å². The fourth-order valence-corrected chi connectivity index (χ4v) is 8.10. The molecule has 7 rings (SSSR count). The first-order valence-electron chi connectivity index (χ1n) is 14.6. The summed E-state index contributed by atoms with van der Waals surface area (Å²) < 4.78 is 19.8. The number of allylic oxidation sites excluding steroid dienone is 2. The number of anilines is 1. The molecule has 2 N–H and O–H groups in total. The van der Waals surface area contributed by atoms with E-state index in [-0.39, 0.29) is 37.1 Å². The van der Waals surface area contributed by atoms with E-state index in [1.807, 2.05) is 6.08 Å². The molecule has 2 aliphatic heterocycles. The minimum absolute atomic E-state index is 0.141. The highest BCUT2D eigenvalue weighted by molar-refractivity contribution is 6.30. The van der Waals surface area contributed by atoms with Crippen molar-refractivity contribution in [1.29, 1.82) is 0 Å². The number of rotatable bonds is 6. The fourth-order valence-electron chi connectivity index (χ4n) is 7.98. The Morgan fingerprint density at radius 2 is 1.70 bits per heavy atom. The molecule has 2 aromatic carbocycles. The molecule has 3 heterocycles. The second-order valence-electron chi connectivity index (χ2n) is 11.8. The molecule has 6 atom stereocenters. The number of amides is 4. The van der Waals surface area contributed by atoms with Crippen LogP contribution in [0.1, 0.15) is 42.8 Å². The average Bonchev–Trinajstić information content (AvgIpc) is 3.66. The van der Waals surface area contributed by atoms with E-state index in [1.54, 1.807) is 43.3 Å². The molecule has 2 saturated heterocycles. The largest absolute Gasteiger partial charge is 0.463 e. The summed E-state index contributed by atoms with van der Waals surface area (Å²) in [6.45, 7) is 1.63. The monoisotopic (exact) mass is 617 g/mol. The van der Waals surface area contributed by atoms with Gasteiger partial charge in [-0.25, -0.2) is 4.39 Å². The molecule has 9 nitrogen and oxygen atoms in total. The van der Waals surface area contributed by atoms with E-state index in [1.165, 1.54) is 29.2 Å². The zero-order chi connectivity index (χ0) is 30.9. The number of aliphatic hydroxyl groups excluding tert-OH is 1. The molecule has 0 unspecified atom stereocenters. The Balaban J connectivity index is 1.45. The number of furan rings is 1. The molecule has 4 amide bonds. The van der Waals surface area contributed by atoms with Gasteiger partial charge in [-0.1, -0.05) is 35.4 Å². The number of likely N-dealkylation sites (tertiary alicyclic amines) is 1. The second kappa shape index (κ2) is 10.4. The van der Waals surface area contributed by atoms with Gasteiger partial charge in [-0.2, -0.15) is 5.01 Å². The summed E-state index contributed by atoms with van der Waals surface area (Å²) in [6, 6.07) is 15.4. The van der Waals surface area contributed by atoms with Crippen molar-refractivity contribution < 1.29 is 33.1 Å². The summed E-state index contributed by atoms with van der Waals surface area (Å²) in [5.74, 6) is -4.94. The van der Waals surface area contributed by atoms with Gasteiger partial charge in [-0.3, -0.25) is 29.5 Å². The topological polar surface area (TPSA) is 120 Å². The Bertz CT molecular complexity index is 1720. The zero-order valence-electron chi connectivity index (χ0n) is 23.7. The van der Waals surface area contributed by atoms with Crippen LogP contribution in [-0.2, 0) is 31.2 Å². The third-order valence-electron chi connectivity index (χ3n) is 9.79. The third kappa shape index (κ3) is 3.93. The van der Waals surface area contributed by atoms with Crippen molar-refractivity contribution in [3.63, 3.8) is 0 Å². The molecule has 0 spiro atoms. The number of nitrogens with one attached hydrogen (secondary N) is 1. The summed E-state index contributed by atoms with van der Waals surface area (Å²) in [7, 11) is 0. The Morgan fingerprint density at radius 3 is 2.36 bits per heavy atom. The Morgan fingerprint density at radius 1 is 0.977 bits per heavy atom. The lowest BCUT2D eigenvalue weighted by molar-refractivity contribution is -0.141. The average molecular weight is 618 g/mol. The molecule has 44 heavy (non-hydrogen) atoms. The lowest BCUT2D eigenvalue weighted by Crippen LogP contribution is -2.53. The minimum Gasteiger partial charge on any atom is -0.463 e. The van der Waals surface area contributed by atoms with E-state index >= 15 is 0 Å². The van der Waals surface area contributed by atoms with E-state index in [0.717, 1.165) is 10.6 Å². The van der Waals surface area contributed by atoms with Crippen LogP contribution < -0.4 is 5.43 Å². The Hall–Kier alpha value is -4.28. The number of carbonyl (C=O) groups excluding carboxylic acids is 4. The molecule has 4 aliphatic rings. The predicted molar refractivity (Wildman–Crippen MR) is 156 cm³/mol. The minimum atomic E-state index is -1.52. The van der Waals surface area contributed by atoms with Crippen molar-refractivity contribution in [3.8, 4) is 0 Å². The number of aliphatic hydroxyl groups is 1. The van der Waals surface area contributed by atoms with Crippen molar-refractivity contribution >= 4 is 40.9 Å². The summed E-state index contributed by atoms with van der Waals surface area (Å²) in [5.41, 5.74) is 3.00. The van der Waals surface area contributed by atoms with Crippen LogP contribution in [0.5, 0.6) is 0 Å². The summed E-state index contributed by atoms with van der Waals surface area (Å²) in [4.78, 5) is 57.5. The van der Waals surface area contributed by atoms with Crippen LogP contribution in [0.3, 0.4) is 0 Å². The quantitative estimate of drug-likeness (QED) is 0.307. The summed E-state index contributed by atoms with van der Waals surface area (Å²) in [5, 5.41) is 11.3. The van der Waals surface area contributed by atoms with Gasteiger partial charge in [0, 0.05) is 11.6 Å². The van der Waals surface area contributed by atoms with Gasteiger partial charge >= 0.3 is 0 Å². The van der Waals surface area contributed by atoms with Crippen molar-refractivity contribution in [2.75, 3.05) is 12.0 Å². The van der Waals surface area contributed by atoms with Crippen LogP contribution >= 0.6 is 11.6 Å². The van der Waals surface area contributed by atoms with Crippen molar-refractivity contribution in [2.24, 2.45) is 23.7 Å². The van der Waals surface area contributed by atoms with E-state index < -0.39 is 52.6 Å². The van der Waals surface area contributed by atoms with Gasteiger partial charge in [0.05, 0.1) is 29.4 Å². The van der Waals surface area contributed by atoms with Crippen LogP contribution in [0, 0.1) is 29.5 Å². The third-order valence-corrected chi connectivity index (χ3v) is 10.0. The SMILES string of the molecule is CCN1C(=O)[C@H]2[C@H](CC=C3[C@H]2C[C@H]2C(=O)N(Nc4ccc(F)cc4)C(=O)[C@@]2(c2ccc(Cl)cc2)[C@H]3c2ccc(CO)o2)C1=O. The maximum Gasteiger partial charge on any atom is 0.260 e. The van der Waals surface area contributed by atoms with E-state index in [9.17, 15) is 28.7 Å². The first kappa shape index (κ1) is 28.5. The summed E-state index contributed by atoms with van der Waals surface area (Å²) in [6.07, 6.45) is 2.38. The lowest BCUT2D eigenvalue weighted by atomic mass is 9.50. The first-order valence-corrected chi connectivity index (χ1v) is 15.0. The van der Waals surface area contributed by atoms with E-state index in [4.69, 9.17) is 16.0 Å². The number of carbonyl (C=O) groups is 4. The highest BCUT2D eigenvalue weighted by atomic mass is 35.5. The van der Waals surface area contributed by atoms with Gasteiger partial charge in [-0.05, 0) is 79.8 Å². The molecule has 3 aromatic rings. The molecular weight excluding hydrogens is 589 g/mol. The van der Waals surface area contributed by atoms with Crippen LogP contribution in [0.4, 0.5) is 10.1 Å². The number of hydrogen-bond acceptors (Lipinski definition) is 7. The summed E-state index contributed by atoms with van der Waals surface area (Å²) >= 11 is 6.27. The van der Waals surface area contributed by atoms with E-state index in [2.05, 4.69) is 5.43 Å². The molecule has 1 saturated carbocycles. The molecule has 3 fully saturated rings. The standard InChI is InChI=1S/C33H29ClFN3O6/c1-2-37-29(40)23-13-12-22-24(27(23)31(37)42)15-25-30(41)38(36-20-9-7-19(35)8-10-20)32(43)33(25,17-3-5-18(34)6-4-17)28(22)26-14-11-21(16-39)44-26/h3-12,14,23-25,27-28,36,39H,2,13,15-16H2,1H3/t23-,24+,25-,27-,28+,33+/m0/s1. The molecular formula is C33H29ClFN3O6. The molecule has 226 valence electrons. The number of fused-ring (bicyclic) bond motifs is 4. The van der Waals surface area contributed by atoms with Gasteiger partial charge in [-0.15, -0.1) is 0 Å². The van der Waals surface area contributed by atoms with Gasteiger partial charge in [0.1, 0.15) is 29.4 Å². The van der Waals surface area contributed by atoms with Gasteiger partial charge in [0.25, 0.3) is 11.8 Å². The van der Waals surface area contributed by atoms with Crippen LogP contribution in [0.2, 0.25) is 5.02 Å². The van der Waals surface area contributed by atoms with Gasteiger partial charge < -0.3 is 9.52 Å². The number of imide groups is 2. The first-order chi connectivity index (χ1) is 21.2. The van der Waals surface area contributed by atoms with Crippen molar-refractivity contribution in [1.82, 2.24) is 9.91 Å². The molecule has 1 aromatic heterocycles. The van der Waals surface area contributed by atoms with Crippen molar-refractivity contribution in [2.45, 2.75) is 37.7 Å². The normalized spacial score (nSPS) is 29.5. The highest BCUT2D eigenvalue weighted by Crippen LogP contribution is 2.64. The Kier molecular flexibility index (Phi) is 6.75. The molecule has 11 heteroatoms. The van der Waals surface area contributed by atoms with Gasteiger partial charge in [0.2, 0.25) is 11.8 Å². The zero-order valence-corrected chi connectivity index (χ0v) is 24.5. The number of benzene rings is 2. The molecule has 0 bridgehead atoms. The molecule has 0 radical (unpaired) electrons. The second-order valence-corrected chi connectivity index (χ2v) is 12.2. The molecule has 2 aliphatic carbocycles. The smallest absolute Gasteiger partial charge is 0.260 e. The van der Waals surface area contributed by atoms with Crippen molar-refractivity contribution in [3.05, 3.63) is 100 Å². The number of nitrogens with zero attached hydrogens (tertiary/aromatic N) is 2. The number of hydrogen-bond donors (Lipinski definition) is 2. The Labute approximate surface area is 257 Å². The fraction of sp³-hybridized carbons (Fsp3) is 0.333. The van der Waals surface area contributed by atoms with E-state index in [0.29, 0.717) is 28.5 Å². The van der Waals surface area contributed by atoms with Crippen LogP contribution in [0.25, 0.3) is 0 Å². The number of halogens is 2. The van der Waals surface area contributed by atoms with Gasteiger partial charge in [0.15, 0.2) is 0 Å². The number of hydrazine groups is 1. The predicted octanol–water partition coefficient (Wildman–Crippen LogP) is 4.57. The lowest BCUT2D eigenvalue weighted by Gasteiger charge is -2.49. The van der Waals surface area contributed by atoms with Crippen LogP contribution in [0.15, 0.2) is 76.7 Å². The maximum atomic E-state index is 14.9. The highest BCUT2D eigenvalue weighted by Gasteiger charge is 2.71.